The van der Waals surface area contributed by atoms with Gasteiger partial charge in [0.1, 0.15) is 10.7 Å². The smallest absolute Gasteiger partial charge is 0.389 e. The standard InChI is InChI=1S/C9H12BrF3N2O3S/c10-8-7(4-6(5-14)18-8)19(16,17)15-3-1-2-9(11,12)13/h4,15H,1-3,5,14H2. The monoisotopic (exact) mass is 364 g/mol. The van der Waals surface area contributed by atoms with Crippen molar-refractivity contribution in [3.8, 4) is 0 Å². The largest absolute Gasteiger partial charge is 0.452 e. The number of hydrogen-bond donors (Lipinski definition) is 2. The quantitative estimate of drug-likeness (QED) is 0.757. The first-order valence-corrected chi connectivity index (χ1v) is 7.48. The minimum Gasteiger partial charge on any atom is -0.452 e. The highest BCUT2D eigenvalue weighted by atomic mass is 79.9. The van der Waals surface area contributed by atoms with Crippen LogP contribution in [0.1, 0.15) is 18.6 Å². The summed E-state index contributed by atoms with van der Waals surface area (Å²) in [6.07, 6.45) is -5.67. The predicted octanol–water partition coefficient (Wildman–Crippen LogP) is 2.12. The van der Waals surface area contributed by atoms with Gasteiger partial charge in [0.2, 0.25) is 10.0 Å². The van der Waals surface area contributed by atoms with Gasteiger partial charge in [0.05, 0.1) is 6.54 Å². The second kappa shape index (κ2) is 6.25. The van der Waals surface area contributed by atoms with Crippen LogP contribution < -0.4 is 10.5 Å². The Balaban J connectivity index is 2.63. The van der Waals surface area contributed by atoms with Gasteiger partial charge in [0.25, 0.3) is 0 Å². The van der Waals surface area contributed by atoms with E-state index in [0.717, 1.165) is 0 Å². The Labute approximate surface area is 116 Å². The molecule has 0 saturated carbocycles. The van der Waals surface area contributed by atoms with E-state index in [9.17, 15) is 21.6 Å². The van der Waals surface area contributed by atoms with Crippen molar-refractivity contribution in [1.82, 2.24) is 4.72 Å². The van der Waals surface area contributed by atoms with Crippen LogP contribution >= 0.6 is 15.9 Å². The van der Waals surface area contributed by atoms with Crippen molar-refractivity contribution in [3.63, 3.8) is 0 Å². The molecular weight excluding hydrogens is 353 g/mol. The maximum absolute atomic E-state index is 11.9. The van der Waals surface area contributed by atoms with Crippen molar-refractivity contribution in [2.24, 2.45) is 5.73 Å². The van der Waals surface area contributed by atoms with Gasteiger partial charge in [0.15, 0.2) is 4.67 Å². The Kier molecular flexibility index (Phi) is 5.42. The van der Waals surface area contributed by atoms with Gasteiger partial charge in [-0.1, -0.05) is 0 Å². The number of alkyl halides is 3. The molecule has 0 bridgehead atoms. The van der Waals surface area contributed by atoms with Gasteiger partial charge in [-0.15, -0.1) is 0 Å². The van der Waals surface area contributed by atoms with E-state index in [4.69, 9.17) is 10.2 Å². The molecule has 1 aromatic heterocycles. The lowest BCUT2D eigenvalue weighted by Gasteiger charge is -2.07. The Hall–Kier alpha value is -0.580. The summed E-state index contributed by atoms with van der Waals surface area (Å²) < 4.78 is 66.3. The molecule has 0 aromatic carbocycles. The van der Waals surface area contributed by atoms with Gasteiger partial charge in [0, 0.05) is 19.0 Å². The van der Waals surface area contributed by atoms with Gasteiger partial charge in [-0.2, -0.15) is 13.2 Å². The first-order chi connectivity index (χ1) is 8.65. The first kappa shape index (κ1) is 16.5. The zero-order chi connectivity index (χ0) is 14.7. The molecule has 0 radical (unpaired) electrons. The lowest BCUT2D eigenvalue weighted by atomic mass is 10.3. The first-order valence-electron chi connectivity index (χ1n) is 5.20. The van der Waals surface area contributed by atoms with E-state index in [0.29, 0.717) is 0 Å². The van der Waals surface area contributed by atoms with E-state index in [1.165, 1.54) is 6.07 Å². The van der Waals surface area contributed by atoms with Crippen LogP contribution in [0, 0.1) is 0 Å². The van der Waals surface area contributed by atoms with E-state index < -0.39 is 22.6 Å². The maximum atomic E-state index is 11.9. The van der Waals surface area contributed by atoms with Crippen LogP contribution in [0.4, 0.5) is 13.2 Å². The molecule has 110 valence electrons. The highest BCUT2D eigenvalue weighted by Crippen LogP contribution is 2.26. The van der Waals surface area contributed by atoms with E-state index >= 15 is 0 Å². The third-order valence-electron chi connectivity index (χ3n) is 2.13. The van der Waals surface area contributed by atoms with Crippen molar-refractivity contribution in [2.45, 2.75) is 30.5 Å². The lowest BCUT2D eigenvalue weighted by Crippen LogP contribution is -2.25. The van der Waals surface area contributed by atoms with E-state index in [2.05, 4.69) is 20.7 Å². The van der Waals surface area contributed by atoms with Crippen molar-refractivity contribution in [2.75, 3.05) is 6.54 Å². The third-order valence-corrected chi connectivity index (χ3v) is 4.44. The van der Waals surface area contributed by atoms with Crippen molar-refractivity contribution >= 4 is 26.0 Å². The summed E-state index contributed by atoms with van der Waals surface area (Å²) in [6.45, 7) is -0.292. The number of sulfonamides is 1. The number of rotatable bonds is 6. The normalized spacial score (nSPS) is 12.9. The molecule has 1 rings (SSSR count). The maximum Gasteiger partial charge on any atom is 0.389 e. The molecule has 0 saturated heterocycles. The molecule has 5 nitrogen and oxygen atoms in total. The topological polar surface area (TPSA) is 85.3 Å². The average Bonchev–Trinajstić information content (AvgIpc) is 2.66. The fourth-order valence-corrected chi connectivity index (χ4v) is 3.32. The number of nitrogens with two attached hydrogens (primary N) is 1. The van der Waals surface area contributed by atoms with Gasteiger partial charge < -0.3 is 10.2 Å². The SMILES string of the molecule is NCc1cc(S(=O)(=O)NCCCC(F)(F)F)c(Br)o1. The average molecular weight is 365 g/mol. The molecule has 0 spiro atoms. The number of halogens is 4. The molecule has 3 N–H and O–H groups in total. The summed E-state index contributed by atoms with van der Waals surface area (Å²) in [7, 11) is -3.91. The molecule has 0 atom stereocenters. The Morgan fingerprint density at radius 3 is 2.53 bits per heavy atom. The van der Waals surface area contributed by atoms with Crippen LogP contribution in [0.5, 0.6) is 0 Å². The zero-order valence-corrected chi connectivity index (χ0v) is 12.0. The fraction of sp³-hybridized carbons (Fsp3) is 0.556. The van der Waals surface area contributed by atoms with Crippen LogP contribution in [0.15, 0.2) is 20.0 Å². The third kappa shape index (κ3) is 5.13. The van der Waals surface area contributed by atoms with Gasteiger partial charge in [-0.25, -0.2) is 13.1 Å². The highest BCUT2D eigenvalue weighted by molar-refractivity contribution is 9.10. The second-order valence-corrected chi connectivity index (χ2v) is 6.13. The Morgan fingerprint density at radius 1 is 1.42 bits per heavy atom. The minimum atomic E-state index is -4.30. The van der Waals surface area contributed by atoms with Crippen molar-refractivity contribution in [3.05, 3.63) is 16.5 Å². The highest BCUT2D eigenvalue weighted by Gasteiger charge is 2.27. The molecule has 0 aliphatic rings. The van der Waals surface area contributed by atoms with E-state index in [1.54, 1.807) is 0 Å². The molecule has 1 heterocycles. The lowest BCUT2D eigenvalue weighted by molar-refractivity contribution is -0.135. The predicted molar refractivity (Wildman–Crippen MR) is 64.8 cm³/mol. The summed E-state index contributed by atoms with van der Waals surface area (Å²) >= 11 is 2.91. The summed E-state index contributed by atoms with van der Waals surface area (Å²) in [5, 5.41) is 0. The van der Waals surface area contributed by atoms with Crippen molar-refractivity contribution in [1.29, 1.82) is 0 Å². The molecule has 19 heavy (non-hydrogen) atoms. The van der Waals surface area contributed by atoms with Crippen LogP contribution in [0.3, 0.4) is 0 Å². The molecule has 0 unspecified atom stereocenters. The van der Waals surface area contributed by atoms with Crippen LogP contribution in [0.25, 0.3) is 0 Å². The number of hydrogen-bond acceptors (Lipinski definition) is 4. The molecule has 0 fully saturated rings. The summed E-state index contributed by atoms with van der Waals surface area (Å²) in [5.41, 5.74) is 5.29. The Morgan fingerprint density at radius 2 is 2.05 bits per heavy atom. The zero-order valence-electron chi connectivity index (χ0n) is 9.63. The molecule has 10 heteroatoms. The molecular formula is C9H12BrF3N2O3S. The number of nitrogens with one attached hydrogen (secondary N) is 1. The molecule has 0 aliphatic heterocycles. The molecule has 0 aliphatic carbocycles. The molecule has 1 aromatic rings. The van der Waals surface area contributed by atoms with Gasteiger partial charge >= 0.3 is 6.18 Å². The van der Waals surface area contributed by atoms with E-state index in [1.807, 2.05) is 0 Å². The van der Waals surface area contributed by atoms with Crippen molar-refractivity contribution < 1.29 is 26.0 Å². The second-order valence-electron chi connectivity index (χ2n) is 3.67. The van der Waals surface area contributed by atoms with Gasteiger partial charge in [-0.3, -0.25) is 0 Å². The summed E-state index contributed by atoms with van der Waals surface area (Å²) in [5.74, 6) is 0.252. The fourth-order valence-electron chi connectivity index (χ4n) is 1.25. The van der Waals surface area contributed by atoms with Crippen LogP contribution in [-0.4, -0.2) is 21.1 Å². The van der Waals surface area contributed by atoms with Gasteiger partial charge in [-0.05, 0) is 22.4 Å². The Bertz CT molecular complexity index is 527. The number of furan rings is 1. The van der Waals surface area contributed by atoms with E-state index in [-0.39, 0.29) is 34.8 Å². The minimum absolute atomic E-state index is 0.0161. The molecule has 0 amide bonds. The van der Waals surface area contributed by atoms with Crippen LogP contribution in [0.2, 0.25) is 0 Å². The summed E-state index contributed by atoms with van der Waals surface area (Å²) in [6, 6.07) is 1.22. The summed E-state index contributed by atoms with van der Waals surface area (Å²) in [4.78, 5) is -0.181. The van der Waals surface area contributed by atoms with Crippen LogP contribution in [-0.2, 0) is 16.6 Å².